The molecule has 2 bridgehead atoms. The minimum Gasteiger partial charge on any atom is -0.247 e. The molecule has 2 fully saturated rings. The van der Waals surface area contributed by atoms with E-state index in [0.717, 1.165) is 12.3 Å². The molecule has 8 heavy (non-hydrogen) atoms. The van der Waals surface area contributed by atoms with Gasteiger partial charge in [0.15, 0.2) is 0 Å². The van der Waals surface area contributed by atoms with E-state index in [9.17, 15) is 4.39 Å². The molecule has 0 nitrogen and oxygen atoms in total. The van der Waals surface area contributed by atoms with Crippen molar-refractivity contribution < 1.29 is 4.39 Å². The van der Waals surface area contributed by atoms with E-state index in [1.807, 2.05) is 0 Å². The first-order valence-electron chi connectivity index (χ1n) is 3.50. The van der Waals surface area contributed by atoms with E-state index >= 15 is 0 Å². The summed E-state index contributed by atoms with van der Waals surface area (Å²) in [6.45, 7) is 0. The van der Waals surface area contributed by atoms with Gasteiger partial charge >= 0.3 is 0 Å². The summed E-state index contributed by atoms with van der Waals surface area (Å²) in [6, 6.07) is 0. The molecule has 3 unspecified atom stereocenters. The molecule has 0 radical (unpaired) electrons. The lowest BCUT2D eigenvalue weighted by atomic mass is 9.99. The van der Waals surface area contributed by atoms with Crippen LogP contribution in [-0.2, 0) is 0 Å². The van der Waals surface area contributed by atoms with Gasteiger partial charge in [-0.05, 0) is 37.5 Å². The Morgan fingerprint density at radius 3 is 2.25 bits per heavy atom. The molecule has 0 aromatic carbocycles. The van der Waals surface area contributed by atoms with Gasteiger partial charge < -0.3 is 0 Å². The molecular weight excluding hydrogens is 103 g/mol. The maximum absolute atomic E-state index is 12.6. The molecule has 2 saturated carbocycles. The highest BCUT2D eigenvalue weighted by molar-refractivity contribution is 4.89. The zero-order chi connectivity index (χ0) is 5.56. The van der Waals surface area contributed by atoms with Crippen molar-refractivity contribution in [3.63, 3.8) is 0 Å². The molecule has 0 spiro atoms. The Morgan fingerprint density at radius 1 is 1.12 bits per heavy atom. The van der Waals surface area contributed by atoms with Crippen LogP contribution < -0.4 is 0 Å². The minimum absolute atomic E-state index is 0.422. The van der Waals surface area contributed by atoms with Gasteiger partial charge in [-0.15, -0.1) is 0 Å². The standard InChI is InChI=1S/C7H11F/c8-7-4-5-1-2-6(7)3-5/h5-7H,1-4H2. The van der Waals surface area contributed by atoms with Crippen LogP contribution in [0.4, 0.5) is 4.39 Å². The van der Waals surface area contributed by atoms with Gasteiger partial charge in [0.05, 0.1) is 0 Å². The molecule has 0 aromatic heterocycles. The third kappa shape index (κ3) is 0.503. The molecule has 0 amide bonds. The Balaban J connectivity index is 2.11. The van der Waals surface area contributed by atoms with Crippen LogP contribution in [0.2, 0.25) is 0 Å². The van der Waals surface area contributed by atoms with Gasteiger partial charge in [-0.2, -0.15) is 0 Å². The summed E-state index contributed by atoms with van der Waals surface area (Å²) in [5.41, 5.74) is 0. The van der Waals surface area contributed by atoms with Gasteiger partial charge in [0, 0.05) is 0 Å². The first-order valence-corrected chi connectivity index (χ1v) is 3.50. The summed E-state index contributed by atoms with van der Waals surface area (Å²) in [7, 11) is 0. The molecule has 3 atom stereocenters. The number of hydrogen-bond donors (Lipinski definition) is 0. The maximum Gasteiger partial charge on any atom is 0.103 e. The van der Waals surface area contributed by atoms with E-state index in [-0.39, 0.29) is 0 Å². The summed E-state index contributed by atoms with van der Waals surface area (Å²) in [5, 5.41) is 0. The fraction of sp³-hybridized carbons (Fsp3) is 1.00. The van der Waals surface area contributed by atoms with E-state index in [2.05, 4.69) is 0 Å². The molecule has 2 aliphatic rings. The third-order valence-corrected chi connectivity index (χ3v) is 2.65. The lowest BCUT2D eigenvalue weighted by Crippen LogP contribution is -2.09. The molecule has 2 rings (SSSR count). The average molecular weight is 114 g/mol. The van der Waals surface area contributed by atoms with Crippen LogP contribution in [-0.4, -0.2) is 6.17 Å². The lowest BCUT2D eigenvalue weighted by molar-refractivity contribution is 0.231. The van der Waals surface area contributed by atoms with Crippen molar-refractivity contribution in [2.45, 2.75) is 31.9 Å². The van der Waals surface area contributed by atoms with E-state index in [4.69, 9.17) is 0 Å². The fourth-order valence-electron chi connectivity index (χ4n) is 2.17. The first-order chi connectivity index (χ1) is 3.86. The van der Waals surface area contributed by atoms with Crippen LogP contribution in [0.5, 0.6) is 0 Å². The number of fused-ring (bicyclic) bond motifs is 2. The van der Waals surface area contributed by atoms with Crippen LogP contribution in [0, 0.1) is 11.8 Å². The smallest absolute Gasteiger partial charge is 0.103 e. The van der Waals surface area contributed by atoms with Crippen molar-refractivity contribution >= 4 is 0 Å². The molecule has 1 heteroatoms. The highest BCUT2D eigenvalue weighted by Gasteiger charge is 2.39. The van der Waals surface area contributed by atoms with Crippen LogP contribution >= 0.6 is 0 Å². The third-order valence-electron chi connectivity index (χ3n) is 2.65. The Labute approximate surface area is 49.1 Å². The van der Waals surface area contributed by atoms with Crippen molar-refractivity contribution in [3.8, 4) is 0 Å². The van der Waals surface area contributed by atoms with Crippen LogP contribution in [0.25, 0.3) is 0 Å². The van der Waals surface area contributed by atoms with E-state index in [1.165, 1.54) is 19.3 Å². The molecule has 2 aliphatic carbocycles. The zero-order valence-electron chi connectivity index (χ0n) is 4.94. The summed E-state index contributed by atoms with van der Waals surface area (Å²) in [5.74, 6) is 1.25. The predicted molar refractivity (Wildman–Crippen MR) is 30.3 cm³/mol. The summed E-state index contributed by atoms with van der Waals surface area (Å²) in [4.78, 5) is 0. The molecular formula is C7H11F. The van der Waals surface area contributed by atoms with Crippen molar-refractivity contribution in [2.24, 2.45) is 11.8 Å². The van der Waals surface area contributed by atoms with Crippen molar-refractivity contribution in [3.05, 3.63) is 0 Å². The van der Waals surface area contributed by atoms with Gasteiger partial charge in [-0.3, -0.25) is 0 Å². The monoisotopic (exact) mass is 114 g/mol. The Hall–Kier alpha value is -0.0700. The zero-order valence-corrected chi connectivity index (χ0v) is 4.94. The highest BCUT2D eigenvalue weighted by Crippen LogP contribution is 2.45. The van der Waals surface area contributed by atoms with Crippen LogP contribution in [0.15, 0.2) is 0 Å². The SMILES string of the molecule is FC1CC2CCC1C2. The summed E-state index contributed by atoms with van der Waals surface area (Å²) >= 11 is 0. The number of rotatable bonds is 0. The second kappa shape index (κ2) is 1.46. The second-order valence-corrected chi connectivity index (χ2v) is 3.19. The largest absolute Gasteiger partial charge is 0.247 e. The van der Waals surface area contributed by atoms with Gasteiger partial charge in [-0.1, -0.05) is 0 Å². The number of halogens is 1. The highest BCUT2D eigenvalue weighted by atomic mass is 19.1. The van der Waals surface area contributed by atoms with Gasteiger partial charge in [-0.25, -0.2) is 4.39 Å². The van der Waals surface area contributed by atoms with E-state index in [1.54, 1.807) is 0 Å². The van der Waals surface area contributed by atoms with Crippen molar-refractivity contribution in [1.82, 2.24) is 0 Å². The molecule has 0 heterocycles. The van der Waals surface area contributed by atoms with E-state index < -0.39 is 6.17 Å². The van der Waals surface area contributed by atoms with E-state index in [0.29, 0.717) is 5.92 Å². The molecule has 0 aromatic rings. The average Bonchev–Trinajstić information content (AvgIpc) is 2.23. The maximum atomic E-state index is 12.6. The topological polar surface area (TPSA) is 0 Å². The molecule has 46 valence electrons. The quantitative estimate of drug-likeness (QED) is 0.452. The van der Waals surface area contributed by atoms with Crippen molar-refractivity contribution in [2.75, 3.05) is 0 Å². The summed E-state index contributed by atoms with van der Waals surface area (Å²) in [6.07, 6.45) is 4.14. The lowest BCUT2D eigenvalue weighted by Gasteiger charge is -2.11. The second-order valence-electron chi connectivity index (χ2n) is 3.19. The Bertz CT molecular complexity index is 98.6. The van der Waals surface area contributed by atoms with Crippen molar-refractivity contribution in [1.29, 1.82) is 0 Å². The van der Waals surface area contributed by atoms with Crippen LogP contribution in [0.1, 0.15) is 25.7 Å². The Kier molecular flexibility index (Phi) is 0.870. The Morgan fingerprint density at radius 2 is 2.00 bits per heavy atom. The van der Waals surface area contributed by atoms with Gasteiger partial charge in [0.25, 0.3) is 0 Å². The molecule has 0 aliphatic heterocycles. The molecule has 0 N–H and O–H groups in total. The van der Waals surface area contributed by atoms with Gasteiger partial charge in [0.1, 0.15) is 6.17 Å². The number of hydrogen-bond acceptors (Lipinski definition) is 0. The minimum atomic E-state index is -0.422. The first kappa shape index (κ1) is 4.78. The molecule has 0 saturated heterocycles. The summed E-state index contributed by atoms with van der Waals surface area (Å²) < 4.78 is 12.6. The fourth-order valence-corrected chi connectivity index (χ4v) is 2.17. The van der Waals surface area contributed by atoms with Gasteiger partial charge in [0.2, 0.25) is 0 Å². The normalized spacial score (nSPS) is 52.9. The predicted octanol–water partition coefficient (Wildman–Crippen LogP) is 2.14. The number of alkyl halides is 1. The van der Waals surface area contributed by atoms with Crippen LogP contribution in [0.3, 0.4) is 0 Å².